The minimum Gasteiger partial charge on any atom is -0.478 e. The van der Waals surface area contributed by atoms with E-state index in [4.69, 9.17) is 0 Å². The van der Waals surface area contributed by atoms with Crippen LogP contribution >= 0.6 is 0 Å². The molecule has 5 rings (SSSR count). The van der Waals surface area contributed by atoms with Crippen LogP contribution in [0.3, 0.4) is 0 Å². The summed E-state index contributed by atoms with van der Waals surface area (Å²) in [7, 11) is 0. The largest absolute Gasteiger partial charge is 0.478 e. The van der Waals surface area contributed by atoms with Gasteiger partial charge in [-0.3, -0.25) is 4.79 Å². The van der Waals surface area contributed by atoms with E-state index in [2.05, 4.69) is 33.9 Å². The maximum Gasteiger partial charge on any atom is 0.335 e. The Labute approximate surface area is 192 Å². The fourth-order valence-electron chi connectivity index (χ4n) is 5.06. The van der Waals surface area contributed by atoms with Gasteiger partial charge in [0.15, 0.2) is 0 Å². The summed E-state index contributed by atoms with van der Waals surface area (Å²) in [6.07, 6.45) is 10.5. The Morgan fingerprint density at radius 1 is 1.00 bits per heavy atom. The van der Waals surface area contributed by atoms with Crippen molar-refractivity contribution in [1.82, 2.24) is 9.55 Å². The van der Waals surface area contributed by atoms with Crippen molar-refractivity contribution in [1.29, 1.82) is 0 Å². The van der Waals surface area contributed by atoms with Gasteiger partial charge >= 0.3 is 5.97 Å². The Morgan fingerprint density at radius 2 is 1.73 bits per heavy atom. The van der Waals surface area contributed by atoms with E-state index in [1.165, 1.54) is 37.6 Å². The van der Waals surface area contributed by atoms with Gasteiger partial charge in [-0.15, -0.1) is 0 Å². The normalized spacial score (nSPS) is 14.6. The Hall–Kier alpha value is -3.60. The zero-order valence-corrected chi connectivity index (χ0v) is 18.8. The summed E-state index contributed by atoms with van der Waals surface area (Å²) in [6.45, 7) is 2.81. The first-order valence-electron chi connectivity index (χ1n) is 11.7. The maximum atomic E-state index is 11.8. The highest BCUT2D eigenvalue weighted by molar-refractivity contribution is 5.98. The molecule has 2 aromatic carbocycles. The molecule has 168 valence electrons. The molecule has 0 amide bonds. The second-order valence-corrected chi connectivity index (χ2v) is 9.21. The number of hydrogen-bond donors (Lipinski definition) is 2. The molecule has 5 nitrogen and oxygen atoms in total. The van der Waals surface area contributed by atoms with Crippen molar-refractivity contribution in [3.05, 3.63) is 82.4 Å². The van der Waals surface area contributed by atoms with E-state index in [0.717, 1.165) is 34.2 Å². The minimum atomic E-state index is -0.915. The third kappa shape index (κ3) is 4.23. The lowest BCUT2D eigenvalue weighted by atomic mass is 9.89. The predicted octanol–water partition coefficient (Wildman–Crippen LogP) is 6.25. The number of rotatable bonds is 5. The number of nitrogens with one attached hydrogen (secondary N) is 1. The van der Waals surface area contributed by atoms with Crippen molar-refractivity contribution in [3.8, 4) is 22.3 Å². The van der Waals surface area contributed by atoms with Crippen molar-refractivity contribution in [2.24, 2.45) is 5.92 Å². The monoisotopic (exact) mass is 440 g/mol. The van der Waals surface area contributed by atoms with Crippen molar-refractivity contribution in [2.45, 2.75) is 45.6 Å². The van der Waals surface area contributed by atoms with E-state index in [1.54, 1.807) is 18.3 Å². The van der Waals surface area contributed by atoms with E-state index >= 15 is 0 Å². The van der Waals surface area contributed by atoms with Gasteiger partial charge in [0, 0.05) is 41.0 Å². The number of aromatic nitrogens is 2. The number of aromatic amines is 1. The average molecular weight is 441 g/mol. The Morgan fingerprint density at radius 3 is 2.42 bits per heavy atom. The van der Waals surface area contributed by atoms with Crippen LogP contribution in [0.15, 0.2) is 65.7 Å². The van der Waals surface area contributed by atoms with Crippen molar-refractivity contribution in [3.63, 3.8) is 0 Å². The molecule has 2 aromatic heterocycles. The van der Waals surface area contributed by atoms with Gasteiger partial charge in [0.25, 0.3) is 5.56 Å². The van der Waals surface area contributed by atoms with Gasteiger partial charge in [0.05, 0.1) is 5.56 Å². The van der Waals surface area contributed by atoms with E-state index < -0.39 is 5.97 Å². The lowest BCUT2D eigenvalue weighted by molar-refractivity contribution is 0.0697. The molecule has 0 atom stereocenters. The molecule has 0 saturated heterocycles. The Bertz CT molecular complexity index is 1370. The number of pyridine rings is 1. The first kappa shape index (κ1) is 21.3. The van der Waals surface area contributed by atoms with E-state index in [9.17, 15) is 14.7 Å². The first-order valence-corrected chi connectivity index (χ1v) is 11.7. The molecule has 0 radical (unpaired) electrons. The molecule has 33 heavy (non-hydrogen) atoms. The van der Waals surface area contributed by atoms with Crippen LogP contribution in [0.1, 0.15) is 48.0 Å². The topological polar surface area (TPSA) is 75.1 Å². The van der Waals surface area contributed by atoms with Gasteiger partial charge in [-0.2, -0.15) is 0 Å². The summed E-state index contributed by atoms with van der Waals surface area (Å²) in [6, 6.07) is 15.5. The Kier molecular flexibility index (Phi) is 5.63. The Balaban J connectivity index is 1.62. The quantitative estimate of drug-likeness (QED) is 0.385. The zero-order valence-electron chi connectivity index (χ0n) is 18.8. The molecule has 4 aromatic rings. The third-order valence-electron chi connectivity index (χ3n) is 6.93. The molecule has 0 spiro atoms. The highest BCUT2D eigenvalue weighted by Gasteiger charge is 2.18. The van der Waals surface area contributed by atoms with E-state index in [-0.39, 0.29) is 5.56 Å². The molecule has 0 unspecified atom stereocenters. The van der Waals surface area contributed by atoms with Gasteiger partial charge in [-0.05, 0) is 66.6 Å². The molecule has 1 aliphatic rings. The van der Waals surface area contributed by atoms with Gasteiger partial charge in [0.2, 0.25) is 0 Å². The zero-order chi connectivity index (χ0) is 22.9. The number of carboxylic acids is 1. The maximum absolute atomic E-state index is 11.8. The summed E-state index contributed by atoms with van der Waals surface area (Å²) in [5, 5.41) is 10.4. The summed E-state index contributed by atoms with van der Waals surface area (Å²) < 4.78 is 2.37. The van der Waals surface area contributed by atoms with Crippen molar-refractivity contribution in [2.75, 3.05) is 0 Å². The number of carboxylic acid groups (broad SMARTS) is 1. The lowest BCUT2D eigenvalue weighted by Gasteiger charge is -2.22. The third-order valence-corrected chi connectivity index (χ3v) is 6.93. The molecule has 5 heteroatoms. The molecule has 1 fully saturated rings. The minimum absolute atomic E-state index is 0.0624. The van der Waals surface area contributed by atoms with Gasteiger partial charge in [-0.25, -0.2) is 4.79 Å². The van der Waals surface area contributed by atoms with Crippen LogP contribution in [0.5, 0.6) is 0 Å². The van der Waals surface area contributed by atoms with Gasteiger partial charge < -0.3 is 14.7 Å². The summed E-state index contributed by atoms with van der Waals surface area (Å²) in [4.78, 5) is 25.9. The van der Waals surface area contributed by atoms with Crippen LogP contribution in [-0.4, -0.2) is 20.6 Å². The van der Waals surface area contributed by atoms with Crippen molar-refractivity contribution >= 4 is 16.9 Å². The number of fused-ring (bicyclic) bond motifs is 1. The van der Waals surface area contributed by atoms with E-state index in [1.807, 2.05) is 25.1 Å². The summed E-state index contributed by atoms with van der Waals surface area (Å²) in [5.41, 5.74) is 6.28. The van der Waals surface area contributed by atoms with Crippen molar-refractivity contribution < 1.29 is 9.90 Å². The number of aryl methyl sites for hydroxylation is 1. The van der Waals surface area contributed by atoms with Crippen LogP contribution in [0.4, 0.5) is 0 Å². The van der Waals surface area contributed by atoms with Crippen LogP contribution in [-0.2, 0) is 6.54 Å². The standard InChI is InChI=1S/C28H28N2O3/c1-18-13-23(15-29-27(18)31)22-11-12-24-25(20-7-9-21(10-8-20)28(32)33)17-30(26(24)14-22)16-19-5-3-2-4-6-19/h7-15,17,19H,2-6,16H2,1H3,(H,29,31)(H,32,33). The fourth-order valence-corrected chi connectivity index (χ4v) is 5.06. The van der Waals surface area contributed by atoms with Gasteiger partial charge in [0.1, 0.15) is 0 Å². The molecule has 0 bridgehead atoms. The molecule has 1 saturated carbocycles. The number of nitrogens with zero attached hydrogens (tertiary/aromatic N) is 1. The molecule has 2 heterocycles. The number of hydrogen-bond acceptors (Lipinski definition) is 2. The number of benzene rings is 2. The second kappa shape index (κ2) is 8.74. The first-order chi connectivity index (χ1) is 16.0. The molecule has 0 aliphatic heterocycles. The van der Waals surface area contributed by atoms with Crippen LogP contribution in [0, 0.1) is 12.8 Å². The number of aromatic carboxylic acids is 1. The average Bonchev–Trinajstić information content (AvgIpc) is 3.19. The highest BCUT2D eigenvalue weighted by Crippen LogP contribution is 2.35. The highest BCUT2D eigenvalue weighted by atomic mass is 16.4. The van der Waals surface area contributed by atoms with Crippen LogP contribution in [0.2, 0.25) is 0 Å². The van der Waals surface area contributed by atoms with Crippen LogP contribution in [0.25, 0.3) is 33.2 Å². The lowest BCUT2D eigenvalue weighted by Crippen LogP contribution is -2.13. The van der Waals surface area contributed by atoms with Crippen LogP contribution < -0.4 is 5.56 Å². The molecular formula is C28H28N2O3. The summed E-state index contributed by atoms with van der Waals surface area (Å²) in [5.74, 6) is -0.238. The molecule has 1 aliphatic carbocycles. The van der Waals surface area contributed by atoms with Gasteiger partial charge in [-0.1, -0.05) is 43.5 Å². The second-order valence-electron chi connectivity index (χ2n) is 9.21. The smallest absolute Gasteiger partial charge is 0.335 e. The molecular weight excluding hydrogens is 412 g/mol. The SMILES string of the molecule is Cc1cc(-c2ccc3c(-c4ccc(C(=O)O)cc4)cn(CC4CCCCC4)c3c2)c[nH]c1=O. The number of H-pyrrole nitrogens is 1. The predicted molar refractivity (Wildman–Crippen MR) is 132 cm³/mol. The number of carbonyl (C=O) groups is 1. The molecule has 2 N–H and O–H groups in total. The fraction of sp³-hybridized carbons (Fsp3) is 0.286. The summed E-state index contributed by atoms with van der Waals surface area (Å²) >= 11 is 0. The van der Waals surface area contributed by atoms with E-state index in [0.29, 0.717) is 17.0 Å².